The summed E-state index contributed by atoms with van der Waals surface area (Å²) in [7, 11) is 0. The van der Waals surface area contributed by atoms with Crippen molar-refractivity contribution < 1.29 is 9.18 Å². The van der Waals surface area contributed by atoms with E-state index in [0.29, 0.717) is 0 Å². The Kier molecular flexibility index (Phi) is 3.63. The average molecular weight is 313 g/mol. The maximum Gasteiger partial charge on any atom is 0.226 e. The molecular weight excluding hydrogens is 293 g/mol. The number of amides is 1. The van der Waals surface area contributed by atoms with Crippen LogP contribution in [0.2, 0.25) is 0 Å². The third kappa shape index (κ3) is 2.64. The van der Waals surface area contributed by atoms with Crippen molar-refractivity contribution in [2.45, 2.75) is 38.1 Å². The first-order chi connectivity index (χ1) is 11.2. The Bertz CT molecular complexity index is 709. The van der Waals surface area contributed by atoms with E-state index in [1.54, 1.807) is 12.1 Å². The molecule has 1 aromatic carbocycles. The second-order valence-electron chi connectivity index (χ2n) is 6.55. The van der Waals surface area contributed by atoms with Gasteiger partial charge < -0.3 is 4.90 Å². The highest BCUT2D eigenvalue weighted by molar-refractivity contribution is 5.80. The van der Waals surface area contributed by atoms with Crippen LogP contribution in [0.15, 0.2) is 30.5 Å². The zero-order chi connectivity index (χ0) is 15.8. The number of rotatable bonds is 2. The van der Waals surface area contributed by atoms with E-state index in [1.165, 1.54) is 23.4 Å². The molecule has 1 aromatic heterocycles. The number of carbonyl (C=O) groups is 1. The van der Waals surface area contributed by atoms with E-state index >= 15 is 0 Å². The van der Waals surface area contributed by atoms with Gasteiger partial charge in [0.05, 0.1) is 12.2 Å². The molecule has 1 N–H and O–H groups in total. The van der Waals surface area contributed by atoms with Crippen LogP contribution in [-0.4, -0.2) is 27.5 Å². The minimum Gasteiger partial charge on any atom is -0.335 e. The SMILES string of the molecule is O=C(C1CCc2[nH]ncc2C1)N1CCCC1c1ccc(F)cc1. The van der Waals surface area contributed by atoms with Crippen molar-refractivity contribution in [3.63, 3.8) is 0 Å². The average Bonchev–Trinajstić information content (AvgIpc) is 3.23. The molecule has 4 rings (SSSR count). The normalized spacial score (nSPS) is 23.8. The first kappa shape index (κ1) is 14.4. The predicted molar refractivity (Wildman–Crippen MR) is 84.2 cm³/mol. The highest BCUT2D eigenvalue weighted by Crippen LogP contribution is 2.35. The molecule has 0 saturated carbocycles. The number of carbonyl (C=O) groups excluding carboxylic acids is 1. The number of aromatic amines is 1. The van der Waals surface area contributed by atoms with Crippen LogP contribution < -0.4 is 0 Å². The summed E-state index contributed by atoms with van der Waals surface area (Å²) in [6.45, 7) is 0.801. The van der Waals surface area contributed by atoms with Gasteiger partial charge in [0.15, 0.2) is 0 Å². The number of nitrogens with one attached hydrogen (secondary N) is 1. The number of aryl methyl sites for hydroxylation is 1. The van der Waals surface area contributed by atoms with Gasteiger partial charge in [-0.3, -0.25) is 9.89 Å². The summed E-state index contributed by atoms with van der Waals surface area (Å²) in [4.78, 5) is 15.0. The highest BCUT2D eigenvalue weighted by Gasteiger charge is 2.35. The van der Waals surface area contributed by atoms with Crippen molar-refractivity contribution in [3.8, 4) is 0 Å². The summed E-state index contributed by atoms with van der Waals surface area (Å²) in [6.07, 6.45) is 6.35. The van der Waals surface area contributed by atoms with E-state index in [9.17, 15) is 9.18 Å². The second-order valence-corrected chi connectivity index (χ2v) is 6.55. The molecular formula is C18H20FN3O. The Morgan fingerprint density at radius 3 is 2.91 bits per heavy atom. The van der Waals surface area contributed by atoms with Crippen LogP contribution in [0.3, 0.4) is 0 Å². The number of likely N-dealkylation sites (tertiary alicyclic amines) is 1. The molecule has 1 saturated heterocycles. The van der Waals surface area contributed by atoms with Gasteiger partial charge in [0, 0.05) is 18.2 Å². The van der Waals surface area contributed by atoms with E-state index in [-0.39, 0.29) is 23.7 Å². The predicted octanol–water partition coefficient (Wildman–Crippen LogP) is 3.02. The minimum absolute atomic E-state index is 0.0427. The fourth-order valence-electron chi connectivity index (χ4n) is 3.92. The van der Waals surface area contributed by atoms with Gasteiger partial charge in [-0.2, -0.15) is 5.10 Å². The molecule has 0 bridgehead atoms. The third-order valence-corrected chi connectivity index (χ3v) is 5.16. The standard InChI is InChI=1S/C18H20FN3O/c19-15-6-3-12(4-7-15)17-2-1-9-22(17)18(23)13-5-8-16-14(10-13)11-20-21-16/h3-4,6-7,11,13,17H,1-2,5,8-10H2,(H,20,21). The molecule has 0 spiro atoms. The van der Waals surface area contributed by atoms with Gasteiger partial charge in [0.25, 0.3) is 0 Å². The Labute approximate surface area is 134 Å². The first-order valence-electron chi connectivity index (χ1n) is 8.29. The number of benzene rings is 1. The highest BCUT2D eigenvalue weighted by atomic mass is 19.1. The number of halogens is 1. The van der Waals surface area contributed by atoms with Crippen molar-refractivity contribution in [3.05, 3.63) is 53.1 Å². The molecule has 4 nitrogen and oxygen atoms in total. The van der Waals surface area contributed by atoms with Crippen LogP contribution in [-0.2, 0) is 17.6 Å². The van der Waals surface area contributed by atoms with Crippen LogP contribution in [0.5, 0.6) is 0 Å². The molecule has 1 amide bonds. The van der Waals surface area contributed by atoms with Crippen molar-refractivity contribution in [2.75, 3.05) is 6.54 Å². The summed E-state index contributed by atoms with van der Waals surface area (Å²) in [6, 6.07) is 6.67. The summed E-state index contributed by atoms with van der Waals surface area (Å²) in [5.41, 5.74) is 3.38. The summed E-state index contributed by atoms with van der Waals surface area (Å²) < 4.78 is 13.1. The zero-order valence-electron chi connectivity index (χ0n) is 13.0. The van der Waals surface area contributed by atoms with E-state index in [1.807, 2.05) is 11.1 Å². The van der Waals surface area contributed by atoms with E-state index in [2.05, 4.69) is 10.2 Å². The molecule has 2 atom stereocenters. The van der Waals surface area contributed by atoms with Gasteiger partial charge in [0.1, 0.15) is 5.82 Å². The van der Waals surface area contributed by atoms with Crippen LogP contribution in [0.25, 0.3) is 0 Å². The summed E-state index contributed by atoms with van der Waals surface area (Å²) in [5, 5.41) is 7.10. The third-order valence-electron chi connectivity index (χ3n) is 5.16. The van der Waals surface area contributed by atoms with E-state index in [0.717, 1.165) is 44.2 Å². The van der Waals surface area contributed by atoms with Crippen LogP contribution in [0.4, 0.5) is 4.39 Å². The number of H-pyrrole nitrogens is 1. The van der Waals surface area contributed by atoms with Gasteiger partial charge in [0.2, 0.25) is 5.91 Å². The lowest BCUT2D eigenvalue weighted by Gasteiger charge is -2.30. The number of aromatic nitrogens is 2. The van der Waals surface area contributed by atoms with Crippen molar-refractivity contribution in [2.24, 2.45) is 5.92 Å². The van der Waals surface area contributed by atoms with Crippen molar-refractivity contribution >= 4 is 5.91 Å². The fraction of sp³-hybridized carbons (Fsp3) is 0.444. The smallest absolute Gasteiger partial charge is 0.226 e. The Morgan fingerprint density at radius 1 is 1.26 bits per heavy atom. The van der Waals surface area contributed by atoms with Crippen molar-refractivity contribution in [1.29, 1.82) is 0 Å². The first-order valence-corrected chi connectivity index (χ1v) is 8.29. The minimum atomic E-state index is -0.232. The van der Waals surface area contributed by atoms with Crippen LogP contribution >= 0.6 is 0 Å². The van der Waals surface area contributed by atoms with Gasteiger partial charge in [-0.1, -0.05) is 12.1 Å². The number of fused-ring (bicyclic) bond motifs is 1. The maximum atomic E-state index is 13.1. The Balaban J connectivity index is 1.52. The van der Waals surface area contributed by atoms with E-state index in [4.69, 9.17) is 0 Å². The molecule has 1 aliphatic heterocycles. The molecule has 2 aliphatic rings. The number of hydrogen-bond donors (Lipinski definition) is 1. The van der Waals surface area contributed by atoms with Crippen LogP contribution in [0.1, 0.15) is 42.1 Å². The van der Waals surface area contributed by atoms with Crippen molar-refractivity contribution in [1.82, 2.24) is 15.1 Å². The molecule has 2 heterocycles. The van der Waals surface area contributed by atoms with Crippen LogP contribution in [0, 0.1) is 11.7 Å². The second kappa shape index (κ2) is 5.80. The lowest BCUT2D eigenvalue weighted by atomic mass is 9.86. The molecule has 1 aliphatic carbocycles. The fourth-order valence-corrected chi connectivity index (χ4v) is 3.92. The number of hydrogen-bond acceptors (Lipinski definition) is 2. The zero-order valence-corrected chi connectivity index (χ0v) is 13.0. The lowest BCUT2D eigenvalue weighted by Crippen LogP contribution is -2.38. The molecule has 5 heteroatoms. The lowest BCUT2D eigenvalue weighted by molar-refractivity contribution is -0.136. The van der Waals surface area contributed by atoms with E-state index < -0.39 is 0 Å². The Hall–Kier alpha value is -2.17. The topological polar surface area (TPSA) is 49.0 Å². The molecule has 0 radical (unpaired) electrons. The molecule has 1 fully saturated rings. The largest absolute Gasteiger partial charge is 0.335 e. The maximum absolute atomic E-state index is 13.1. The summed E-state index contributed by atoms with van der Waals surface area (Å²) in [5.74, 6) is 0.0502. The molecule has 23 heavy (non-hydrogen) atoms. The van der Waals surface area contributed by atoms with Gasteiger partial charge in [-0.25, -0.2) is 4.39 Å². The molecule has 2 unspecified atom stereocenters. The van der Waals surface area contributed by atoms with Gasteiger partial charge in [-0.05, 0) is 55.4 Å². The quantitative estimate of drug-likeness (QED) is 0.926. The van der Waals surface area contributed by atoms with Gasteiger partial charge >= 0.3 is 0 Å². The monoisotopic (exact) mass is 313 g/mol. The van der Waals surface area contributed by atoms with Gasteiger partial charge in [-0.15, -0.1) is 0 Å². The summed E-state index contributed by atoms with van der Waals surface area (Å²) >= 11 is 0. The molecule has 2 aromatic rings. The molecule has 120 valence electrons. The number of nitrogens with zero attached hydrogens (tertiary/aromatic N) is 2. The Morgan fingerprint density at radius 2 is 2.09 bits per heavy atom.